The van der Waals surface area contributed by atoms with Gasteiger partial charge in [-0.05, 0) is 48.2 Å². The maximum Gasteiger partial charge on any atom is 0.214 e. The predicted octanol–water partition coefficient (Wildman–Crippen LogP) is 6.97. The molecule has 2 aliphatic rings. The van der Waals surface area contributed by atoms with Crippen molar-refractivity contribution < 1.29 is 14.2 Å². The van der Waals surface area contributed by atoms with E-state index in [1.807, 2.05) is 49.4 Å². The molecule has 2 unspecified atom stereocenters. The van der Waals surface area contributed by atoms with Crippen LogP contribution in [0, 0.1) is 0 Å². The fraction of sp³-hybridized carbons (Fsp3) is 0.207. The Bertz CT molecular complexity index is 1340. The Labute approximate surface area is 209 Å². The fourth-order valence-electron chi connectivity index (χ4n) is 4.65. The van der Waals surface area contributed by atoms with Gasteiger partial charge in [0.25, 0.3) is 0 Å². The molecule has 0 saturated heterocycles. The topological polar surface area (TPSA) is 43.3 Å². The summed E-state index contributed by atoms with van der Waals surface area (Å²) < 4.78 is 18.6. The zero-order chi connectivity index (χ0) is 23.6. The Kier molecular flexibility index (Phi) is 5.88. The number of ether oxygens (including phenoxy) is 3. The molecule has 0 saturated carbocycles. The van der Waals surface area contributed by atoms with E-state index < -0.39 is 0 Å². The van der Waals surface area contributed by atoms with Crippen LogP contribution in [0.5, 0.6) is 17.2 Å². The number of para-hydroxylation sites is 1. The summed E-state index contributed by atoms with van der Waals surface area (Å²) in [5, 5.41) is 9.25. The number of hydrazone groups is 1. The number of hydrogen-bond donors (Lipinski definition) is 0. The van der Waals surface area contributed by atoms with Crippen LogP contribution in [0.4, 0.5) is 0 Å². The highest BCUT2D eigenvalue weighted by atomic mass is 32.1. The molecule has 0 spiro atoms. The number of benzene rings is 3. The zero-order valence-corrected chi connectivity index (χ0v) is 20.3. The summed E-state index contributed by atoms with van der Waals surface area (Å²) in [6, 6.07) is 28.8. The first-order valence-electron chi connectivity index (χ1n) is 11.9. The van der Waals surface area contributed by atoms with E-state index in [0.29, 0.717) is 19.0 Å². The Morgan fingerprint density at radius 3 is 2.63 bits per heavy atom. The quantitative estimate of drug-likeness (QED) is 0.285. The van der Waals surface area contributed by atoms with Gasteiger partial charge in [-0.1, -0.05) is 54.6 Å². The van der Waals surface area contributed by atoms with E-state index in [-0.39, 0.29) is 12.3 Å². The molecular formula is C29H26N2O3S. The number of rotatable bonds is 7. The smallest absolute Gasteiger partial charge is 0.214 e. The van der Waals surface area contributed by atoms with E-state index in [9.17, 15) is 0 Å². The average molecular weight is 483 g/mol. The normalized spacial score (nSPS) is 18.3. The fourth-order valence-corrected chi connectivity index (χ4v) is 5.37. The molecule has 0 bridgehead atoms. The monoisotopic (exact) mass is 482 g/mol. The van der Waals surface area contributed by atoms with Crippen molar-refractivity contribution in [2.24, 2.45) is 5.10 Å². The summed E-state index contributed by atoms with van der Waals surface area (Å²) in [6.07, 6.45) is 0.503. The van der Waals surface area contributed by atoms with Crippen LogP contribution in [0.2, 0.25) is 0 Å². The lowest BCUT2D eigenvalue weighted by Gasteiger charge is -2.38. The van der Waals surface area contributed by atoms with Crippen LogP contribution in [0.15, 0.2) is 95.4 Å². The Hall–Kier alpha value is -3.77. The molecule has 0 fully saturated rings. The van der Waals surface area contributed by atoms with Gasteiger partial charge in [0.15, 0.2) is 11.5 Å². The van der Waals surface area contributed by atoms with Gasteiger partial charge in [-0.2, -0.15) is 5.10 Å². The molecule has 0 N–H and O–H groups in total. The molecule has 3 heterocycles. The summed E-state index contributed by atoms with van der Waals surface area (Å²) >= 11 is 1.72. The van der Waals surface area contributed by atoms with Crippen LogP contribution in [-0.2, 0) is 6.61 Å². The van der Waals surface area contributed by atoms with E-state index in [1.54, 1.807) is 11.3 Å². The molecule has 0 radical (unpaired) electrons. The van der Waals surface area contributed by atoms with Gasteiger partial charge in [-0.15, -0.1) is 11.3 Å². The predicted molar refractivity (Wildman–Crippen MR) is 138 cm³/mol. The number of thiophene rings is 1. The maximum atomic E-state index is 6.53. The van der Waals surface area contributed by atoms with Gasteiger partial charge in [0.05, 0.1) is 23.2 Å². The molecule has 6 heteroatoms. The highest BCUT2D eigenvalue weighted by Crippen LogP contribution is 2.48. The zero-order valence-electron chi connectivity index (χ0n) is 19.5. The van der Waals surface area contributed by atoms with E-state index in [1.165, 1.54) is 10.4 Å². The van der Waals surface area contributed by atoms with Gasteiger partial charge in [0.1, 0.15) is 12.4 Å². The highest BCUT2D eigenvalue weighted by molar-refractivity contribution is 7.12. The summed E-state index contributed by atoms with van der Waals surface area (Å²) in [4.78, 5) is 1.20. The van der Waals surface area contributed by atoms with Gasteiger partial charge < -0.3 is 14.2 Å². The first-order chi connectivity index (χ1) is 17.3. The van der Waals surface area contributed by atoms with Crippen molar-refractivity contribution in [3.8, 4) is 17.2 Å². The van der Waals surface area contributed by atoms with E-state index in [0.717, 1.165) is 34.8 Å². The van der Waals surface area contributed by atoms with Crippen molar-refractivity contribution in [3.63, 3.8) is 0 Å². The summed E-state index contributed by atoms with van der Waals surface area (Å²) in [6.45, 7) is 3.01. The Morgan fingerprint density at radius 1 is 0.943 bits per heavy atom. The van der Waals surface area contributed by atoms with Gasteiger partial charge in [-0.3, -0.25) is 0 Å². The molecular weight excluding hydrogens is 456 g/mol. The standard InChI is InChI=1S/C29H26N2O3S/c1-2-32-27-17-21(14-15-26(27)33-19-20-9-4-3-5-10-20)29-31-24(22-11-6-7-12-25(22)34-29)18-23(30-31)28-13-8-16-35-28/h3-17,24,29H,2,18-19H2,1H3. The van der Waals surface area contributed by atoms with Crippen molar-refractivity contribution in [1.29, 1.82) is 0 Å². The van der Waals surface area contributed by atoms with Gasteiger partial charge in [-0.25, -0.2) is 5.01 Å². The lowest BCUT2D eigenvalue weighted by Crippen LogP contribution is -2.33. The van der Waals surface area contributed by atoms with Crippen molar-refractivity contribution in [3.05, 3.63) is 112 Å². The van der Waals surface area contributed by atoms with Crippen LogP contribution in [-0.4, -0.2) is 17.3 Å². The number of hydrogen-bond acceptors (Lipinski definition) is 6. The molecule has 176 valence electrons. The number of fused-ring (bicyclic) bond motifs is 3. The maximum absolute atomic E-state index is 6.53. The van der Waals surface area contributed by atoms with E-state index in [4.69, 9.17) is 19.3 Å². The highest BCUT2D eigenvalue weighted by Gasteiger charge is 2.41. The molecule has 5 nitrogen and oxygen atoms in total. The molecule has 2 atom stereocenters. The second-order valence-corrected chi connectivity index (χ2v) is 9.49. The van der Waals surface area contributed by atoms with Gasteiger partial charge >= 0.3 is 0 Å². The molecule has 0 aliphatic carbocycles. The van der Waals surface area contributed by atoms with Crippen LogP contribution in [0.25, 0.3) is 0 Å². The molecule has 0 amide bonds. The molecule has 3 aromatic carbocycles. The van der Waals surface area contributed by atoms with Crippen LogP contribution in [0.1, 0.15) is 47.2 Å². The SMILES string of the molecule is CCOc1cc(C2Oc3ccccc3C3CC(c4cccs4)=NN32)ccc1OCc1ccccc1. The molecule has 6 rings (SSSR count). The second kappa shape index (κ2) is 9.47. The minimum atomic E-state index is -0.352. The largest absolute Gasteiger partial charge is 0.490 e. The lowest BCUT2D eigenvalue weighted by molar-refractivity contribution is -0.0192. The van der Waals surface area contributed by atoms with Crippen molar-refractivity contribution in [2.45, 2.75) is 32.2 Å². The van der Waals surface area contributed by atoms with Crippen LogP contribution in [0.3, 0.4) is 0 Å². The van der Waals surface area contributed by atoms with Gasteiger partial charge in [0.2, 0.25) is 6.23 Å². The first kappa shape index (κ1) is 21.7. The summed E-state index contributed by atoms with van der Waals surface area (Å²) in [5.74, 6) is 2.33. The second-order valence-electron chi connectivity index (χ2n) is 8.55. The minimum absolute atomic E-state index is 0.131. The Morgan fingerprint density at radius 2 is 1.80 bits per heavy atom. The third-order valence-electron chi connectivity index (χ3n) is 6.29. The molecule has 4 aromatic rings. The third kappa shape index (κ3) is 4.26. The number of nitrogens with zero attached hydrogens (tertiary/aromatic N) is 2. The Balaban J connectivity index is 1.33. The first-order valence-corrected chi connectivity index (χ1v) is 12.8. The molecule has 35 heavy (non-hydrogen) atoms. The van der Waals surface area contributed by atoms with E-state index in [2.05, 4.69) is 52.9 Å². The van der Waals surface area contributed by atoms with Gasteiger partial charge in [0, 0.05) is 17.5 Å². The van der Waals surface area contributed by atoms with Crippen molar-refractivity contribution >= 4 is 17.0 Å². The summed E-state index contributed by atoms with van der Waals surface area (Å²) in [5.41, 5.74) is 4.37. The molecule has 1 aromatic heterocycles. The summed E-state index contributed by atoms with van der Waals surface area (Å²) in [7, 11) is 0. The molecule has 2 aliphatic heterocycles. The van der Waals surface area contributed by atoms with Crippen molar-refractivity contribution in [1.82, 2.24) is 5.01 Å². The third-order valence-corrected chi connectivity index (χ3v) is 7.21. The van der Waals surface area contributed by atoms with Crippen molar-refractivity contribution in [2.75, 3.05) is 6.61 Å². The minimum Gasteiger partial charge on any atom is -0.490 e. The lowest BCUT2D eigenvalue weighted by atomic mass is 9.97. The van der Waals surface area contributed by atoms with Crippen LogP contribution < -0.4 is 14.2 Å². The van der Waals surface area contributed by atoms with E-state index >= 15 is 0 Å². The average Bonchev–Trinajstić information content (AvgIpc) is 3.59. The van der Waals surface area contributed by atoms with Crippen LogP contribution >= 0.6 is 11.3 Å².